The second kappa shape index (κ2) is 7.66. The van der Waals surface area contributed by atoms with Crippen LogP contribution in [-0.4, -0.2) is 15.9 Å². The standard InChI is InChI=1S/C20H18O5S/c1-3-26(23)18-7-5-4-6-16(18)20(22)24-12-14-11-19(21)25-17-10-13(2)8-9-15(14)17/h4-11H,3,12H2,1-2H3/t26-/m0/s1. The quantitative estimate of drug-likeness (QED) is 0.507. The van der Waals surface area contributed by atoms with Gasteiger partial charge in [0.15, 0.2) is 0 Å². The highest BCUT2D eigenvalue weighted by Crippen LogP contribution is 2.21. The van der Waals surface area contributed by atoms with E-state index in [0.29, 0.717) is 27.2 Å². The minimum absolute atomic E-state index is 0.0723. The Morgan fingerprint density at radius 1 is 1.15 bits per heavy atom. The van der Waals surface area contributed by atoms with Crippen LogP contribution in [-0.2, 0) is 22.1 Å². The lowest BCUT2D eigenvalue weighted by Gasteiger charge is -2.10. The molecule has 2 aromatic carbocycles. The van der Waals surface area contributed by atoms with Gasteiger partial charge in [-0.2, -0.15) is 0 Å². The third kappa shape index (κ3) is 3.75. The van der Waals surface area contributed by atoms with Crippen molar-refractivity contribution in [2.75, 3.05) is 5.75 Å². The van der Waals surface area contributed by atoms with E-state index in [4.69, 9.17) is 9.15 Å². The SMILES string of the molecule is CC[S@](=O)c1ccccc1C(=O)OCc1cc(=O)oc2cc(C)ccc12. The molecule has 3 rings (SSSR count). The molecule has 0 radical (unpaired) electrons. The number of carbonyl (C=O) groups is 1. The third-order valence-electron chi connectivity index (χ3n) is 3.96. The van der Waals surface area contributed by atoms with Crippen molar-refractivity contribution in [3.63, 3.8) is 0 Å². The van der Waals surface area contributed by atoms with E-state index >= 15 is 0 Å². The summed E-state index contributed by atoms with van der Waals surface area (Å²) in [6.07, 6.45) is 0. The molecule has 6 heteroatoms. The molecule has 0 aliphatic heterocycles. The predicted octanol–water partition coefficient (Wildman–Crippen LogP) is 3.59. The van der Waals surface area contributed by atoms with Gasteiger partial charge in [0, 0.05) is 22.8 Å². The summed E-state index contributed by atoms with van der Waals surface area (Å²) in [6, 6.07) is 13.5. The van der Waals surface area contributed by atoms with Crippen LogP contribution in [0.1, 0.15) is 28.4 Å². The van der Waals surface area contributed by atoms with Crippen LogP contribution in [0.4, 0.5) is 0 Å². The van der Waals surface area contributed by atoms with Crippen LogP contribution in [0.25, 0.3) is 11.0 Å². The summed E-state index contributed by atoms with van der Waals surface area (Å²) < 4.78 is 22.7. The monoisotopic (exact) mass is 370 g/mol. The number of rotatable bonds is 5. The second-order valence-electron chi connectivity index (χ2n) is 5.80. The lowest BCUT2D eigenvalue weighted by atomic mass is 10.1. The number of benzene rings is 2. The van der Waals surface area contributed by atoms with Crippen molar-refractivity contribution in [3.8, 4) is 0 Å². The van der Waals surface area contributed by atoms with Crippen LogP contribution in [0.5, 0.6) is 0 Å². The van der Waals surface area contributed by atoms with Crippen LogP contribution in [0.3, 0.4) is 0 Å². The molecule has 26 heavy (non-hydrogen) atoms. The molecule has 0 N–H and O–H groups in total. The Labute approximate surface area is 153 Å². The van der Waals surface area contributed by atoms with Gasteiger partial charge in [-0.1, -0.05) is 31.2 Å². The Morgan fingerprint density at radius 3 is 2.69 bits per heavy atom. The van der Waals surface area contributed by atoms with Gasteiger partial charge in [0.25, 0.3) is 0 Å². The predicted molar refractivity (Wildman–Crippen MR) is 99.7 cm³/mol. The molecule has 3 aromatic rings. The van der Waals surface area contributed by atoms with Gasteiger partial charge in [0.1, 0.15) is 12.2 Å². The topological polar surface area (TPSA) is 73.6 Å². The summed E-state index contributed by atoms with van der Waals surface area (Å²) in [5, 5.41) is 0.716. The molecule has 1 aromatic heterocycles. The maximum atomic E-state index is 12.5. The number of esters is 1. The smallest absolute Gasteiger partial charge is 0.339 e. The number of hydrogen-bond donors (Lipinski definition) is 0. The lowest BCUT2D eigenvalue weighted by molar-refractivity contribution is 0.0469. The molecule has 1 heterocycles. The highest BCUT2D eigenvalue weighted by atomic mass is 32.2. The largest absolute Gasteiger partial charge is 0.457 e. The van der Waals surface area contributed by atoms with Crippen molar-refractivity contribution in [1.29, 1.82) is 0 Å². The molecule has 0 aliphatic rings. The van der Waals surface area contributed by atoms with Crippen molar-refractivity contribution in [2.45, 2.75) is 25.3 Å². The summed E-state index contributed by atoms with van der Waals surface area (Å²) in [4.78, 5) is 24.7. The minimum Gasteiger partial charge on any atom is -0.457 e. The lowest BCUT2D eigenvalue weighted by Crippen LogP contribution is -2.11. The number of ether oxygens (including phenoxy) is 1. The first-order valence-electron chi connectivity index (χ1n) is 8.17. The van der Waals surface area contributed by atoms with E-state index in [1.165, 1.54) is 6.07 Å². The third-order valence-corrected chi connectivity index (χ3v) is 5.33. The molecule has 0 saturated heterocycles. The van der Waals surface area contributed by atoms with Crippen LogP contribution in [0.15, 0.2) is 62.6 Å². The normalized spacial score (nSPS) is 12.1. The first-order valence-corrected chi connectivity index (χ1v) is 9.49. The fourth-order valence-corrected chi connectivity index (χ4v) is 3.60. The minimum atomic E-state index is -1.26. The molecular formula is C20H18O5S. The van der Waals surface area contributed by atoms with Gasteiger partial charge in [-0.3, -0.25) is 4.21 Å². The molecule has 0 saturated carbocycles. The number of aryl methyl sites for hydroxylation is 1. The molecule has 1 atom stereocenters. The number of carbonyl (C=O) groups excluding carboxylic acids is 1. The van der Waals surface area contributed by atoms with Crippen molar-refractivity contribution >= 4 is 27.7 Å². The first-order chi connectivity index (χ1) is 12.5. The van der Waals surface area contributed by atoms with Crippen LogP contribution < -0.4 is 5.63 Å². The maximum absolute atomic E-state index is 12.5. The Bertz CT molecular complexity index is 1050. The fourth-order valence-electron chi connectivity index (χ4n) is 2.67. The van der Waals surface area contributed by atoms with E-state index in [0.717, 1.165) is 5.56 Å². The summed E-state index contributed by atoms with van der Waals surface area (Å²) in [6.45, 7) is 3.61. The molecule has 134 valence electrons. The van der Waals surface area contributed by atoms with Gasteiger partial charge < -0.3 is 9.15 Å². The zero-order valence-corrected chi connectivity index (χ0v) is 15.3. The Morgan fingerprint density at radius 2 is 1.92 bits per heavy atom. The average molecular weight is 370 g/mol. The molecule has 0 fully saturated rings. The van der Waals surface area contributed by atoms with Crippen molar-refractivity contribution in [3.05, 3.63) is 75.6 Å². The highest BCUT2D eigenvalue weighted by Gasteiger charge is 2.17. The fraction of sp³-hybridized carbons (Fsp3) is 0.200. The Balaban J connectivity index is 1.88. The molecule has 0 bridgehead atoms. The molecule has 0 unspecified atom stereocenters. The molecule has 5 nitrogen and oxygen atoms in total. The van der Waals surface area contributed by atoms with Gasteiger partial charge in [-0.25, -0.2) is 9.59 Å². The van der Waals surface area contributed by atoms with Gasteiger partial charge in [0.2, 0.25) is 0 Å². The van der Waals surface area contributed by atoms with Crippen molar-refractivity contribution in [2.24, 2.45) is 0 Å². The van der Waals surface area contributed by atoms with E-state index in [2.05, 4.69) is 0 Å². The van der Waals surface area contributed by atoms with Gasteiger partial charge >= 0.3 is 11.6 Å². The van der Waals surface area contributed by atoms with Crippen molar-refractivity contribution < 1.29 is 18.2 Å². The zero-order chi connectivity index (χ0) is 18.7. The number of hydrogen-bond acceptors (Lipinski definition) is 5. The van der Waals surface area contributed by atoms with Crippen LogP contribution in [0, 0.1) is 6.92 Å². The zero-order valence-electron chi connectivity index (χ0n) is 14.5. The summed E-state index contributed by atoms with van der Waals surface area (Å²) >= 11 is 0. The van der Waals surface area contributed by atoms with Gasteiger partial charge in [-0.15, -0.1) is 0 Å². The van der Waals surface area contributed by atoms with E-state index in [1.807, 2.05) is 19.1 Å². The van der Waals surface area contributed by atoms with E-state index < -0.39 is 22.4 Å². The molecular weight excluding hydrogens is 352 g/mol. The Kier molecular flexibility index (Phi) is 5.32. The summed E-state index contributed by atoms with van der Waals surface area (Å²) in [7, 11) is -1.26. The van der Waals surface area contributed by atoms with Gasteiger partial charge in [-0.05, 0) is 30.7 Å². The molecule has 0 aliphatic carbocycles. The highest BCUT2D eigenvalue weighted by molar-refractivity contribution is 7.85. The van der Waals surface area contributed by atoms with Crippen LogP contribution >= 0.6 is 0 Å². The second-order valence-corrected chi connectivity index (χ2v) is 7.50. The Hall–Kier alpha value is -2.73. The average Bonchev–Trinajstić information content (AvgIpc) is 2.64. The molecule has 0 amide bonds. The van der Waals surface area contributed by atoms with Crippen molar-refractivity contribution in [1.82, 2.24) is 0 Å². The first kappa shape index (κ1) is 18.1. The van der Waals surface area contributed by atoms with E-state index in [1.54, 1.807) is 37.3 Å². The molecule has 0 spiro atoms. The summed E-state index contributed by atoms with van der Waals surface area (Å²) in [5.41, 5.74) is 1.76. The number of fused-ring (bicyclic) bond motifs is 1. The maximum Gasteiger partial charge on any atom is 0.339 e. The van der Waals surface area contributed by atoms with E-state index in [9.17, 15) is 13.8 Å². The van der Waals surface area contributed by atoms with Gasteiger partial charge in [0.05, 0.1) is 21.3 Å². The van der Waals surface area contributed by atoms with E-state index in [-0.39, 0.29) is 12.2 Å². The summed E-state index contributed by atoms with van der Waals surface area (Å²) in [5.74, 6) is -0.163. The van der Waals surface area contributed by atoms with Crippen LogP contribution in [0.2, 0.25) is 0 Å².